The lowest BCUT2D eigenvalue weighted by molar-refractivity contribution is -0.141. The Bertz CT molecular complexity index is 709. The first-order valence-corrected chi connectivity index (χ1v) is 7.22. The first-order chi connectivity index (χ1) is 10.6. The molecule has 1 amide bonds. The molecule has 1 atom stereocenters. The molecule has 1 aliphatic heterocycles. The van der Waals surface area contributed by atoms with Gasteiger partial charge in [0.1, 0.15) is 6.04 Å². The highest BCUT2D eigenvalue weighted by Gasteiger charge is 2.34. The van der Waals surface area contributed by atoms with E-state index in [-0.39, 0.29) is 5.91 Å². The third-order valence-corrected chi connectivity index (χ3v) is 3.99. The maximum Gasteiger partial charge on any atom is 0.326 e. The Labute approximate surface area is 128 Å². The van der Waals surface area contributed by atoms with E-state index >= 15 is 0 Å². The third kappa shape index (κ3) is 2.47. The molecular formula is C16H17N3O3. The summed E-state index contributed by atoms with van der Waals surface area (Å²) in [5, 5.41) is 13.4. The van der Waals surface area contributed by atoms with Gasteiger partial charge in [0, 0.05) is 24.5 Å². The summed E-state index contributed by atoms with van der Waals surface area (Å²) in [5.74, 6) is -1.16. The second kappa shape index (κ2) is 5.63. The second-order valence-electron chi connectivity index (χ2n) is 5.45. The van der Waals surface area contributed by atoms with Crippen LogP contribution in [0.3, 0.4) is 0 Å². The topological polar surface area (TPSA) is 75.4 Å². The lowest BCUT2D eigenvalue weighted by Crippen LogP contribution is -2.40. The van der Waals surface area contributed by atoms with Gasteiger partial charge in [-0.25, -0.2) is 9.48 Å². The number of hydrogen-bond donors (Lipinski definition) is 1. The van der Waals surface area contributed by atoms with Crippen LogP contribution in [0.5, 0.6) is 0 Å². The Morgan fingerprint density at radius 2 is 2.18 bits per heavy atom. The summed E-state index contributed by atoms with van der Waals surface area (Å²) in [6.45, 7) is 2.40. The molecule has 1 aromatic heterocycles. The molecule has 0 spiro atoms. The number of carbonyl (C=O) groups excluding carboxylic acids is 1. The molecule has 6 heteroatoms. The van der Waals surface area contributed by atoms with E-state index in [9.17, 15) is 14.7 Å². The molecule has 1 saturated heterocycles. The molecule has 3 rings (SSSR count). The van der Waals surface area contributed by atoms with Gasteiger partial charge in [-0.05, 0) is 49.6 Å². The quantitative estimate of drug-likeness (QED) is 0.938. The summed E-state index contributed by atoms with van der Waals surface area (Å²) in [6, 6.07) is 6.47. The average Bonchev–Trinajstić information content (AvgIpc) is 3.17. The molecule has 1 fully saturated rings. The number of benzene rings is 1. The number of carboxylic acids is 1. The fourth-order valence-electron chi connectivity index (χ4n) is 2.89. The minimum atomic E-state index is -0.935. The molecule has 1 N–H and O–H groups in total. The molecule has 2 heterocycles. The molecule has 0 saturated carbocycles. The lowest BCUT2D eigenvalue weighted by atomic mass is 10.1. The zero-order valence-corrected chi connectivity index (χ0v) is 12.3. The van der Waals surface area contributed by atoms with E-state index in [1.54, 1.807) is 23.0 Å². The van der Waals surface area contributed by atoms with Crippen molar-refractivity contribution in [1.29, 1.82) is 0 Å². The molecule has 0 radical (unpaired) electrons. The summed E-state index contributed by atoms with van der Waals surface area (Å²) in [6.07, 6.45) is 4.78. The van der Waals surface area contributed by atoms with Crippen LogP contribution in [0.2, 0.25) is 0 Å². The van der Waals surface area contributed by atoms with Gasteiger partial charge in [0.15, 0.2) is 0 Å². The number of aryl methyl sites for hydroxylation is 1. The van der Waals surface area contributed by atoms with E-state index in [4.69, 9.17) is 0 Å². The summed E-state index contributed by atoms with van der Waals surface area (Å²) >= 11 is 0. The predicted molar refractivity (Wildman–Crippen MR) is 80.0 cm³/mol. The van der Waals surface area contributed by atoms with Crippen LogP contribution in [0.15, 0.2) is 36.7 Å². The maximum atomic E-state index is 12.6. The van der Waals surface area contributed by atoms with Gasteiger partial charge in [0.25, 0.3) is 5.91 Å². The molecule has 2 aromatic rings. The molecule has 114 valence electrons. The Balaban J connectivity index is 1.88. The predicted octanol–water partition coefficient (Wildman–Crippen LogP) is 1.87. The van der Waals surface area contributed by atoms with Crippen LogP contribution in [0, 0.1) is 6.92 Å². The van der Waals surface area contributed by atoms with Crippen molar-refractivity contribution < 1.29 is 14.7 Å². The van der Waals surface area contributed by atoms with E-state index in [1.807, 2.05) is 25.3 Å². The largest absolute Gasteiger partial charge is 0.480 e. The highest BCUT2D eigenvalue weighted by Crippen LogP contribution is 2.22. The number of aliphatic carboxylic acids is 1. The van der Waals surface area contributed by atoms with E-state index in [2.05, 4.69) is 5.10 Å². The summed E-state index contributed by atoms with van der Waals surface area (Å²) in [4.78, 5) is 25.2. The van der Waals surface area contributed by atoms with Crippen LogP contribution in [-0.4, -0.2) is 44.3 Å². The van der Waals surface area contributed by atoms with Crippen molar-refractivity contribution in [2.45, 2.75) is 25.8 Å². The van der Waals surface area contributed by atoms with Crippen molar-refractivity contribution in [2.24, 2.45) is 0 Å². The molecule has 22 heavy (non-hydrogen) atoms. The highest BCUT2D eigenvalue weighted by atomic mass is 16.4. The molecule has 1 aliphatic rings. The first kappa shape index (κ1) is 14.3. The van der Waals surface area contributed by atoms with Crippen LogP contribution >= 0.6 is 0 Å². The van der Waals surface area contributed by atoms with Crippen molar-refractivity contribution in [3.05, 3.63) is 47.8 Å². The van der Waals surface area contributed by atoms with Crippen molar-refractivity contribution in [3.8, 4) is 5.69 Å². The number of nitrogens with zero attached hydrogens (tertiary/aromatic N) is 3. The van der Waals surface area contributed by atoms with Crippen molar-refractivity contribution >= 4 is 11.9 Å². The maximum absolute atomic E-state index is 12.6. The standard InChI is InChI=1S/C16H17N3O3/c1-11-10-12(5-6-13(11)19-9-3-7-17-19)15(20)18-8-2-4-14(18)16(21)22/h3,5-7,9-10,14H,2,4,8H2,1H3,(H,21,22)/t14-/m0/s1. The van der Waals surface area contributed by atoms with E-state index in [1.165, 1.54) is 4.90 Å². The SMILES string of the molecule is Cc1cc(C(=O)N2CCC[C@H]2C(=O)O)ccc1-n1cccn1. The van der Waals surface area contributed by atoms with Gasteiger partial charge in [0.2, 0.25) is 0 Å². The van der Waals surface area contributed by atoms with Gasteiger partial charge >= 0.3 is 5.97 Å². The van der Waals surface area contributed by atoms with Crippen LogP contribution in [0.1, 0.15) is 28.8 Å². The number of rotatable bonds is 3. The molecular weight excluding hydrogens is 282 g/mol. The Hall–Kier alpha value is -2.63. The molecule has 0 unspecified atom stereocenters. The molecule has 1 aromatic carbocycles. The van der Waals surface area contributed by atoms with Gasteiger partial charge in [-0.15, -0.1) is 0 Å². The van der Waals surface area contributed by atoms with Crippen molar-refractivity contribution in [3.63, 3.8) is 0 Å². The smallest absolute Gasteiger partial charge is 0.326 e. The molecule has 0 bridgehead atoms. The molecule has 0 aliphatic carbocycles. The lowest BCUT2D eigenvalue weighted by Gasteiger charge is -2.22. The first-order valence-electron chi connectivity index (χ1n) is 7.22. The third-order valence-electron chi connectivity index (χ3n) is 3.99. The average molecular weight is 299 g/mol. The summed E-state index contributed by atoms with van der Waals surface area (Å²) in [5.41, 5.74) is 2.33. The molecule has 6 nitrogen and oxygen atoms in total. The van der Waals surface area contributed by atoms with Gasteiger partial charge < -0.3 is 10.0 Å². The number of aromatic nitrogens is 2. The van der Waals surface area contributed by atoms with E-state index in [0.29, 0.717) is 18.5 Å². The van der Waals surface area contributed by atoms with E-state index in [0.717, 1.165) is 17.7 Å². The second-order valence-corrected chi connectivity index (χ2v) is 5.45. The van der Waals surface area contributed by atoms with Gasteiger partial charge in [-0.2, -0.15) is 5.10 Å². The Kier molecular flexibility index (Phi) is 3.66. The number of likely N-dealkylation sites (tertiary alicyclic amines) is 1. The highest BCUT2D eigenvalue weighted by molar-refractivity contribution is 5.97. The van der Waals surface area contributed by atoms with Crippen molar-refractivity contribution in [2.75, 3.05) is 6.54 Å². The van der Waals surface area contributed by atoms with Gasteiger partial charge in [-0.1, -0.05) is 0 Å². The number of amides is 1. The Morgan fingerprint density at radius 3 is 2.82 bits per heavy atom. The number of hydrogen-bond acceptors (Lipinski definition) is 3. The number of carbonyl (C=O) groups is 2. The number of carboxylic acid groups (broad SMARTS) is 1. The van der Waals surface area contributed by atoms with Gasteiger partial charge in [0.05, 0.1) is 5.69 Å². The minimum Gasteiger partial charge on any atom is -0.480 e. The normalized spacial score (nSPS) is 17.7. The van der Waals surface area contributed by atoms with Crippen LogP contribution in [0.25, 0.3) is 5.69 Å². The van der Waals surface area contributed by atoms with Gasteiger partial charge in [-0.3, -0.25) is 4.79 Å². The van der Waals surface area contributed by atoms with Crippen LogP contribution in [0.4, 0.5) is 0 Å². The minimum absolute atomic E-state index is 0.222. The summed E-state index contributed by atoms with van der Waals surface area (Å²) < 4.78 is 1.74. The zero-order valence-electron chi connectivity index (χ0n) is 12.3. The van der Waals surface area contributed by atoms with Crippen LogP contribution < -0.4 is 0 Å². The fraction of sp³-hybridized carbons (Fsp3) is 0.312. The zero-order chi connectivity index (χ0) is 15.7. The summed E-state index contributed by atoms with van der Waals surface area (Å²) in [7, 11) is 0. The van der Waals surface area contributed by atoms with E-state index < -0.39 is 12.0 Å². The fourth-order valence-corrected chi connectivity index (χ4v) is 2.89. The van der Waals surface area contributed by atoms with Crippen LogP contribution in [-0.2, 0) is 4.79 Å². The van der Waals surface area contributed by atoms with Crippen molar-refractivity contribution in [1.82, 2.24) is 14.7 Å². The Morgan fingerprint density at radius 1 is 1.36 bits per heavy atom. The monoisotopic (exact) mass is 299 g/mol.